The summed E-state index contributed by atoms with van der Waals surface area (Å²) in [5.74, 6) is 1.06. The smallest absolute Gasteiger partial charge is 0.0633 e. The van der Waals surface area contributed by atoms with Crippen LogP contribution in [0.5, 0.6) is 0 Å². The molecule has 1 rings (SSSR count). The SMILES string of the molecule is CSCCC(CO)Nc1cccc(Br)c1. The minimum Gasteiger partial charge on any atom is -0.394 e. The second-order valence-corrected chi connectivity index (χ2v) is 5.22. The molecule has 1 aromatic carbocycles. The second-order valence-electron chi connectivity index (χ2n) is 3.32. The molecule has 4 heteroatoms. The van der Waals surface area contributed by atoms with Gasteiger partial charge in [-0.3, -0.25) is 0 Å². The van der Waals surface area contributed by atoms with E-state index in [9.17, 15) is 5.11 Å². The highest BCUT2D eigenvalue weighted by molar-refractivity contribution is 9.10. The average molecular weight is 290 g/mol. The van der Waals surface area contributed by atoms with Gasteiger partial charge in [-0.05, 0) is 36.6 Å². The van der Waals surface area contributed by atoms with Gasteiger partial charge in [-0.2, -0.15) is 11.8 Å². The molecule has 0 aliphatic carbocycles. The van der Waals surface area contributed by atoms with Gasteiger partial charge in [0.25, 0.3) is 0 Å². The molecule has 0 saturated heterocycles. The van der Waals surface area contributed by atoms with Crippen molar-refractivity contribution in [1.82, 2.24) is 0 Å². The molecule has 0 spiro atoms. The van der Waals surface area contributed by atoms with Gasteiger partial charge in [-0.25, -0.2) is 0 Å². The number of hydrogen-bond acceptors (Lipinski definition) is 3. The molecule has 84 valence electrons. The lowest BCUT2D eigenvalue weighted by molar-refractivity contribution is 0.272. The summed E-state index contributed by atoms with van der Waals surface area (Å²) in [5, 5.41) is 12.5. The molecule has 0 aliphatic rings. The first-order valence-electron chi connectivity index (χ1n) is 4.88. The fraction of sp³-hybridized carbons (Fsp3) is 0.455. The maximum absolute atomic E-state index is 9.20. The summed E-state index contributed by atoms with van der Waals surface area (Å²) in [5.41, 5.74) is 1.05. The van der Waals surface area contributed by atoms with Crippen LogP contribution in [-0.2, 0) is 0 Å². The molecule has 0 heterocycles. The summed E-state index contributed by atoms with van der Waals surface area (Å²) in [6.07, 6.45) is 3.05. The largest absolute Gasteiger partial charge is 0.394 e. The zero-order valence-electron chi connectivity index (χ0n) is 8.74. The van der Waals surface area contributed by atoms with E-state index >= 15 is 0 Å². The number of aliphatic hydroxyl groups excluding tert-OH is 1. The molecule has 0 amide bonds. The normalized spacial score (nSPS) is 12.5. The maximum Gasteiger partial charge on any atom is 0.0633 e. The Labute approximate surface area is 104 Å². The Morgan fingerprint density at radius 3 is 2.93 bits per heavy atom. The molecule has 0 aliphatic heterocycles. The molecule has 15 heavy (non-hydrogen) atoms. The number of hydrogen-bond donors (Lipinski definition) is 2. The molecule has 0 bridgehead atoms. The van der Waals surface area contributed by atoms with Gasteiger partial charge in [0, 0.05) is 16.2 Å². The third kappa shape index (κ3) is 4.91. The fourth-order valence-electron chi connectivity index (χ4n) is 1.28. The lowest BCUT2D eigenvalue weighted by Gasteiger charge is -2.17. The Morgan fingerprint density at radius 2 is 2.33 bits per heavy atom. The van der Waals surface area contributed by atoms with E-state index in [1.54, 1.807) is 11.8 Å². The number of thioether (sulfide) groups is 1. The van der Waals surface area contributed by atoms with E-state index in [0.717, 1.165) is 22.3 Å². The molecule has 0 fully saturated rings. The molecule has 0 aromatic heterocycles. The van der Waals surface area contributed by atoms with Crippen molar-refractivity contribution >= 4 is 33.4 Å². The Kier molecular flexibility index (Phi) is 6.13. The van der Waals surface area contributed by atoms with Crippen molar-refractivity contribution in [1.29, 1.82) is 0 Å². The van der Waals surface area contributed by atoms with Gasteiger partial charge < -0.3 is 10.4 Å². The topological polar surface area (TPSA) is 32.3 Å². The second kappa shape index (κ2) is 7.14. The number of aliphatic hydroxyl groups is 1. The molecule has 0 radical (unpaired) electrons. The highest BCUT2D eigenvalue weighted by atomic mass is 79.9. The van der Waals surface area contributed by atoms with Crippen LogP contribution in [0.1, 0.15) is 6.42 Å². The number of anilines is 1. The maximum atomic E-state index is 9.20. The zero-order chi connectivity index (χ0) is 11.1. The molecule has 1 aromatic rings. The van der Waals surface area contributed by atoms with E-state index in [2.05, 4.69) is 27.5 Å². The Bertz CT molecular complexity index is 296. The van der Waals surface area contributed by atoms with E-state index in [1.807, 2.05) is 24.3 Å². The molecule has 2 N–H and O–H groups in total. The Balaban J connectivity index is 2.50. The number of benzene rings is 1. The standard InChI is InChI=1S/C11H16BrNOS/c1-15-6-5-11(8-14)13-10-4-2-3-9(12)7-10/h2-4,7,11,13-14H,5-6,8H2,1H3. The minimum absolute atomic E-state index is 0.145. The molecule has 2 nitrogen and oxygen atoms in total. The van der Waals surface area contributed by atoms with Crippen molar-refractivity contribution in [2.24, 2.45) is 0 Å². The third-order valence-electron chi connectivity index (χ3n) is 2.09. The monoisotopic (exact) mass is 289 g/mol. The van der Waals surface area contributed by atoms with Crippen LogP contribution in [0, 0.1) is 0 Å². The van der Waals surface area contributed by atoms with E-state index in [1.165, 1.54) is 0 Å². The van der Waals surface area contributed by atoms with Crippen LogP contribution in [0.3, 0.4) is 0 Å². The predicted molar refractivity (Wildman–Crippen MR) is 71.6 cm³/mol. The van der Waals surface area contributed by atoms with Crippen LogP contribution in [0.25, 0.3) is 0 Å². The van der Waals surface area contributed by atoms with Crippen molar-refractivity contribution in [3.05, 3.63) is 28.7 Å². The van der Waals surface area contributed by atoms with Crippen molar-refractivity contribution in [2.45, 2.75) is 12.5 Å². The number of rotatable bonds is 6. The van der Waals surface area contributed by atoms with E-state index in [0.29, 0.717) is 0 Å². The summed E-state index contributed by atoms with van der Waals surface area (Å²) < 4.78 is 1.05. The van der Waals surface area contributed by atoms with Gasteiger partial charge in [0.05, 0.1) is 6.61 Å². The van der Waals surface area contributed by atoms with Crippen molar-refractivity contribution < 1.29 is 5.11 Å². The first-order chi connectivity index (χ1) is 7.26. The molecule has 1 atom stereocenters. The Morgan fingerprint density at radius 1 is 1.53 bits per heavy atom. The molecule has 1 unspecified atom stereocenters. The van der Waals surface area contributed by atoms with Crippen LogP contribution in [0.15, 0.2) is 28.7 Å². The van der Waals surface area contributed by atoms with Gasteiger partial charge in [0.15, 0.2) is 0 Å². The number of halogens is 1. The lowest BCUT2D eigenvalue weighted by atomic mass is 10.2. The molecule has 0 saturated carbocycles. The first kappa shape index (κ1) is 12.9. The van der Waals surface area contributed by atoms with Gasteiger partial charge in [-0.1, -0.05) is 22.0 Å². The van der Waals surface area contributed by atoms with Crippen LogP contribution in [-0.4, -0.2) is 29.8 Å². The molecular formula is C11H16BrNOS. The molecular weight excluding hydrogens is 274 g/mol. The van der Waals surface area contributed by atoms with Crippen LogP contribution < -0.4 is 5.32 Å². The quantitative estimate of drug-likeness (QED) is 0.845. The zero-order valence-corrected chi connectivity index (χ0v) is 11.1. The highest BCUT2D eigenvalue weighted by Crippen LogP contribution is 2.17. The summed E-state index contributed by atoms with van der Waals surface area (Å²) >= 11 is 5.22. The fourth-order valence-corrected chi connectivity index (χ4v) is 2.20. The van der Waals surface area contributed by atoms with Crippen molar-refractivity contribution in [3.63, 3.8) is 0 Å². The third-order valence-corrected chi connectivity index (χ3v) is 3.22. The van der Waals surface area contributed by atoms with Crippen LogP contribution >= 0.6 is 27.7 Å². The van der Waals surface area contributed by atoms with Crippen molar-refractivity contribution in [2.75, 3.05) is 23.9 Å². The predicted octanol–water partition coefficient (Wildman–Crippen LogP) is 2.98. The van der Waals surface area contributed by atoms with E-state index in [4.69, 9.17) is 0 Å². The lowest BCUT2D eigenvalue weighted by Crippen LogP contribution is -2.24. The van der Waals surface area contributed by atoms with Gasteiger partial charge in [-0.15, -0.1) is 0 Å². The summed E-state index contributed by atoms with van der Waals surface area (Å²) in [6, 6.07) is 8.14. The van der Waals surface area contributed by atoms with Crippen LogP contribution in [0.4, 0.5) is 5.69 Å². The average Bonchev–Trinajstić information content (AvgIpc) is 2.24. The highest BCUT2D eigenvalue weighted by Gasteiger charge is 2.06. The van der Waals surface area contributed by atoms with Crippen molar-refractivity contribution in [3.8, 4) is 0 Å². The summed E-state index contributed by atoms with van der Waals surface area (Å²) in [7, 11) is 0. The van der Waals surface area contributed by atoms with Gasteiger partial charge in [0.2, 0.25) is 0 Å². The minimum atomic E-state index is 0.145. The van der Waals surface area contributed by atoms with Gasteiger partial charge in [0.1, 0.15) is 0 Å². The summed E-state index contributed by atoms with van der Waals surface area (Å²) in [6.45, 7) is 0.174. The van der Waals surface area contributed by atoms with Crippen LogP contribution in [0.2, 0.25) is 0 Å². The van der Waals surface area contributed by atoms with E-state index in [-0.39, 0.29) is 12.6 Å². The summed E-state index contributed by atoms with van der Waals surface area (Å²) in [4.78, 5) is 0. The van der Waals surface area contributed by atoms with Gasteiger partial charge >= 0.3 is 0 Å². The Hall–Kier alpha value is -0.190. The van der Waals surface area contributed by atoms with E-state index < -0.39 is 0 Å². The number of nitrogens with one attached hydrogen (secondary N) is 1. The first-order valence-corrected chi connectivity index (χ1v) is 7.07.